The van der Waals surface area contributed by atoms with Crippen molar-refractivity contribution < 1.29 is 21.6 Å². The first-order valence-corrected chi connectivity index (χ1v) is 10.8. The zero-order valence-corrected chi connectivity index (χ0v) is 17.7. The van der Waals surface area contributed by atoms with Crippen LogP contribution in [0.3, 0.4) is 0 Å². The molecule has 0 saturated carbocycles. The van der Waals surface area contributed by atoms with Gasteiger partial charge in [-0.1, -0.05) is 12.1 Å². The molecule has 4 rings (SSSR count). The Morgan fingerprint density at radius 2 is 1.84 bits per heavy atom. The van der Waals surface area contributed by atoms with E-state index in [9.17, 15) is 21.6 Å². The van der Waals surface area contributed by atoms with E-state index >= 15 is 0 Å². The third kappa shape index (κ3) is 4.27. The van der Waals surface area contributed by atoms with Crippen molar-refractivity contribution in [2.24, 2.45) is 5.14 Å². The molecule has 0 aliphatic rings. The molecule has 0 spiro atoms. The third-order valence-electron chi connectivity index (χ3n) is 4.66. The monoisotopic (exact) mass is 462 g/mol. The third-order valence-corrected chi connectivity index (χ3v) is 5.55. The largest absolute Gasteiger partial charge is 0.416 e. The molecule has 0 aliphatic carbocycles. The highest BCUT2D eigenvalue weighted by molar-refractivity contribution is 7.89. The maximum Gasteiger partial charge on any atom is 0.416 e. The van der Waals surface area contributed by atoms with Gasteiger partial charge in [0.1, 0.15) is 5.52 Å². The van der Waals surface area contributed by atoms with Crippen LogP contribution in [0.5, 0.6) is 0 Å². The van der Waals surface area contributed by atoms with Crippen LogP contribution in [-0.2, 0) is 16.2 Å². The number of benzene rings is 2. The highest BCUT2D eigenvalue weighted by Gasteiger charge is 2.31. The van der Waals surface area contributed by atoms with E-state index in [2.05, 4.69) is 20.4 Å². The second-order valence-corrected chi connectivity index (χ2v) is 8.74. The Morgan fingerprint density at radius 3 is 2.53 bits per heavy atom. The molecule has 0 radical (unpaired) electrons. The molecule has 0 bridgehead atoms. The van der Waals surface area contributed by atoms with E-state index in [1.807, 2.05) is 0 Å². The smallest absolute Gasteiger partial charge is 0.323 e. The zero-order chi connectivity index (χ0) is 23.3. The summed E-state index contributed by atoms with van der Waals surface area (Å²) in [5.41, 5.74) is 1.51. The number of halogens is 3. The molecule has 0 fully saturated rings. The van der Waals surface area contributed by atoms with Gasteiger partial charge in [0.25, 0.3) is 0 Å². The molecule has 166 valence electrons. The second-order valence-electron chi connectivity index (χ2n) is 7.18. The van der Waals surface area contributed by atoms with Crippen LogP contribution in [0.25, 0.3) is 16.9 Å². The fraction of sp³-hybridized carbons (Fsp3) is 0.150. The van der Waals surface area contributed by atoms with Crippen molar-refractivity contribution >= 4 is 27.2 Å². The number of nitrogens with two attached hydrogens (primary N) is 1. The number of rotatable bonds is 4. The van der Waals surface area contributed by atoms with Crippen molar-refractivity contribution in [1.82, 2.24) is 19.6 Å². The van der Waals surface area contributed by atoms with Gasteiger partial charge in [0, 0.05) is 11.3 Å². The molecule has 0 atom stereocenters. The summed E-state index contributed by atoms with van der Waals surface area (Å²) in [7, 11) is -3.92. The number of aryl methyl sites for hydroxylation is 2. The van der Waals surface area contributed by atoms with Crippen molar-refractivity contribution in [1.29, 1.82) is 0 Å². The van der Waals surface area contributed by atoms with Gasteiger partial charge >= 0.3 is 6.18 Å². The topological polar surface area (TPSA) is 115 Å². The summed E-state index contributed by atoms with van der Waals surface area (Å²) in [5.74, 6) is 0.303. The molecule has 12 heteroatoms. The summed E-state index contributed by atoms with van der Waals surface area (Å²) >= 11 is 0. The van der Waals surface area contributed by atoms with E-state index in [0.29, 0.717) is 22.5 Å². The van der Waals surface area contributed by atoms with E-state index < -0.39 is 21.8 Å². The summed E-state index contributed by atoms with van der Waals surface area (Å²) in [6.07, 6.45) is -3.02. The molecule has 0 amide bonds. The summed E-state index contributed by atoms with van der Waals surface area (Å²) in [6.45, 7) is 3.40. The lowest BCUT2D eigenvalue weighted by Gasteiger charge is -2.10. The predicted octanol–water partition coefficient (Wildman–Crippen LogP) is 3.82. The molecular weight excluding hydrogens is 445 g/mol. The molecule has 2 aromatic carbocycles. The summed E-state index contributed by atoms with van der Waals surface area (Å²) in [6, 6.07) is 9.23. The van der Waals surface area contributed by atoms with Crippen LogP contribution >= 0.6 is 0 Å². The lowest BCUT2D eigenvalue weighted by molar-refractivity contribution is -0.137. The van der Waals surface area contributed by atoms with E-state index in [0.717, 1.165) is 12.1 Å². The molecule has 0 saturated heterocycles. The fourth-order valence-corrected chi connectivity index (χ4v) is 3.86. The minimum Gasteiger partial charge on any atom is -0.323 e. The Hall–Kier alpha value is -3.51. The number of fused-ring (bicyclic) bond motifs is 1. The molecule has 4 aromatic rings. The normalized spacial score (nSPS) is 12.3. The van der Waals surface area contributed by atoms with E-state index in [4.69, 9.17) is 5.14 Å². The van der Waals surface area contributed by atoms with Crippen LogP contribution < -0.4 is 10.5 Å². The number of anilines is 2. The molecule has 0 aliphatic heterocycles. The second kappa shape index (κ2) is 7.57. The first-order valence-electron chi connectivity index (χ1n) is 9.23. The Bertz CT molecular complexity index is 1450. The molecular formula is C20H17F3N6O2S. The van der Waals surface area contributed by atoms with Gasteiger partial charge in [0.05, 0.1) is 22.3 Å². The van der Waals surface area contributed by atoms with Gasteiger partial charge in [-0.15, -0.1) is 5.10 Å². The summed E-state index contributed by atoms with van der Waals surface area (Å²) in [4.78, 5) is 8.49. The molecule has 0 unspecified atom stereocenters. The summed E-state index contributed by atoms with van der Waals surface area (Å²) < 4.78 is 64.2. The Labute approximate surface area is 181 Å². The number of hydrogen-bond acceptors (Lipinski definition) is 6. The summed E-state index contributed by atoms with van der Waals surface area (Å²) in [5, 5.41) is 12.5. The number of nitrogens with zero attached hydrogens (tertiary/aromatic N) is 4. The molecule has 2 heterocycles. The van der Waals surface area contributed by atoms with Gasteiger partial charge < -0.3 is 5.32 Å². The fourth-order valence-electron chi connectivity index (χ4n) is 3.22. The van der Waals surface area contributed by atoms with Gasteiger partial charge in [0.2, 0.25) is 16.0 Å². The van der Waals surface area contributed by atoms with Crippen molar-refractivity contribution in [3.05, 3.63) is 65.5 Å². The molecule has 2 aromatic heterocycles. The number of sulfonamides is 1. The van der Waals surface area contributed by atoms with Gasteiger partial charge in [-0.05, 0) is 49.7 Å². The molecule has 8 nitrogen and oxygen atoms in total. The Balaban J connectivity index is 1.79. The van der Waals surface area contributed by atoms with Crippen LogP contribution in [0, 0.1) is 13.8 Å². The van der Waals surface area contributed by atoms with Gasteiger partial charge in [-0.2, -0.15) is 13.2 Å². The quantitative estimate of drug-likeness (QED) is 0.477. The molecule has 32 heavy (non-hydrogen) atoms. The van der Waals surface area contributed by atoms with Crippen molar-refractivity contribution in [3.63, 3.8) is 0 Å². The van der Waals surface area contributed by atoms with Crippen molar-refractivity contribution in [2.45, 2.75) is 24.9 Å². The van der Waals surface area contributed by atoms with Crippen LogP contribution in [0.15, 0.2) is 53.6 Å². The number of nitrogens with one attached hydrogen (secondary N) is 1. The van der Waals surface area contributed by atoms with Crippen molar-refractivity contribution in [2.75, 3.05) is 5.32 Å². The van der Waals surface area contributed by atoms with Gasteiger partial charge in [-0.25, -0.2) is 28.0 Å². The first-order chi connectivity index (χ1) is 14.9. The highest BCUT2D eigenvalue weighted by atomic mass is 32.2. The standard InChI is InChI=1S/C20H17F3N6O2S/c1-11-6-15(9-16(7-11)32(24,30)31)27-19-25-10-17-12(2)26-18(29(17)28-19)13-4-3-5-14(8-13)20(21,22)23/h3-10H,1-2H3,(H,27,28)(H2,24,30,31). The van der Waals surface area contributed by atoms with Crippen LogP contribution in [-0.4, -0.2) is 28.0 Å². The maximum absolute atomic E-state index is 13.1. The zero-order valence-electron chi connectivity index (χ0n) is 16.8. The first kappa shape index (κ1) is 21.7. The van der Waals surface area contributed by atoms with Gasteiger partial charge in [0.15, 0.2) is 5.82 Å². The minimum atomic E-state index is -4.49. The van der Waals surface area contributed by atoms with Crippen LogP contribution in [0.1, 0.15) is 16.8 Å². The SMILES string of the molecule is Cc1cc(Nc2ncc3c(C)nc(-c4cccc(C(F)(F)F)c4)n3n2)cc(S(N)(=O)=O)c1. The van der Waals surface area contributed by atoms with E-state index in [1.165, 1.54) is 35.0 Å². The molecule has 3 N–H and O–H groups in total. The minimum absolute atomic E-state index is 0.0794. The Morgan fingerprint density at radius 1 is 1.09 bits per heavy atom. The lowest BCUT2D eigenvalue weighted by atomic mass is 10.1. The number of primary sulfonamides is 1. The number of hydrogen-bond donors (Lipinski definition) is 2. The van der Waals surface area contributed by atoms with Crippen LogP contribution in [0.2, 0.25) is 0 Å². The number of imidazole rings is 1. The van der Waals surface area contributed by atoms with Crippen LogP contribution in [0.4, 0.5) is 24.8 Å². The number of alkyl halides is 3. The maximum atomic E-state index is 13.1. The lowest BCUT2D eigenvalue weighted by Crippen LogP contribution is -2.13. The highest BCUT2D eigenvalue weighted by Crippen LogP contribution is 2.32. The number of aromatic nitrogens is 4. The average molecular weight is 462 g/mol. The van der Waals surface area contributed by atoms with Gasteiger partial charge in [-0.3, -0.25) is 0 Å². The van der Waals surface area contributed by atoms with E-state index in [-0.39, 0.29) is 22.2 Å². The van der Waals surface area contributed by atoms with Crippen molar-refractivity contribution in [3.8, 4) is 11.4 Å². The Kier molecular flexibility index (Phi) is 5.13. The average Bonchev–Trinajstić information content (AvgIpc) is 3.02. The predicted molar refractivity (Wildman–Crippen MR) is 112 cm³/mol. The van der Waals surface area contributed by atoms with E-state index in [1.54, 1.807) is 19.9 Å².